The van der Waals surface area contributed by atoms with Crippen LogP contribution in [0.2, 0.25) is 0 Å². The quantitative estimate of drug-likeness (QED) is 0.394. The Bertz CT molecular complexity index is 1260. The van der Waals surface area contributed by atoms with Crippen molar-refractivity contribution in [3.8, 4) is 16.9 Å². The fourth-order valence-electron chi connectivity index (χ4n) is 4.49. The minimum Gasteiger partial charge on any atom is -0.484 e. The average Bonchev–Trinajstić information content (AvgIpc) is 3.20. The van der Waals surface area contributed by atoms with Gasteiger partial charge in [-0.05, 0) is 28.8 Å². The predicted molar refractivity (Wildman–Crippen MR) is 140 cm³/mol. The van der Waals surface area contributed by atoms with Gasteiger partial charge in [-0.1, -0.05) is 72.8 Å². The average molecular weight is 482 g/mol. The highest BCUT2D eigenvalue weighted by atomic mass is 16.5. The maximum Gasteiger partial charge on any atom is 0.257 e. The fourth-order valence-corrected chi connectivity index (χ4v) is 4.49. The number of hydrogen-bond acceptors (Lipinski definition) is 5. The van der Waals surface area contributed by atoms with Gasteiger partial charge in [-0.25, -0.2) is 0 Å². The molecule has 1 amide bonds. The number of aromatic nitrogens is 3. The summed E-state index contributed by atoms with van der Waals surface area (Å²) in [5.41, 5.74) is 3.79. The van der Waals surface area contributed by atoms with Crippen LogP contribution in [-0.2, 0) is 30.7 Å². The molecule has 5 rings (SSSR count). The van der Waals surface area contributed by atoms with E-state index < -0.39 is 0 Å². The number of amides is 1. The molecule has 7 nitrogen and oxygen atoms in total. The van der Waals surface area contributed by atoms with E-state index in [1.54, 1.807) is 0 Å². The van der Waals surface area contributed by atoms with Gasteiger partial charge in [-0.2, -0.15) is 0 Å². The Morgan fingerprint density at radius 2 is 1.56 bits per heavy atom. The van der Waals surface area contributed by atoms with Crippen molar-refractivity contribution in [1.82, 2.24) is 25.0 Å². The largest absolute Gasteiger partial charge is 0.484 e. The number of hydrogen-bond donors (Lipinski definition) is 1. The smallest absolute Gasteiger partial charge is 0.257 e. The van der Waals surface area contributed by atoms with Gasteiger partial charge in [0.05, 0.1) is 0 Å². The first-order valence-corrected chi connectivity index (χ1v) is 12.5. The van der Waals surface area contributed by atoms with Gasteiger partial charge in [0.2, 0.25) is 0 Å². The highest BCUT2D eigenvalue weighted by molar-refractivity contribution is 5.77. The number of nitrogens with one attached hydrogen (secondary N) is 1. The molecule has 0 saturated heterocycles. The summed E-state index contributed by atoms with van der Waals surface area (Å²) in [4.78, 5) is 14.6. The normalized spacial score (nSPS) is 13.6. The molecule has 184 valence electrons. The zero-order valence-corrected chi connectivity index (χ0v) is 20.3. The molecule has 0 unspecified atom stereocenters. The molecule has 0 atom stereocenters. The molecule has 0 fully saturated rings. The number of para-hydroxylation sites is 1. The van der Waals surface area contributed by atoms with Gasteiger partial charge in [0.1, 0.15) is 17.4 Å². The van der Waals surface area contributed by atoms with Crippen LogP contribution in [0.25, 0.3) is 11.1 Å². The van der Waals surface area contributed by atoms with Crippen LogP contribution in [0, 0.1) is 0 Å². The number of ether oxygens (including phenoxy) is 1. The van der Waals surface area contributed by atoms with E-state index in [9.17, 15) is 4.79 Å². The lowest BCUT2D eigenvalue weighted by atomic mass is 10.0. The summed E-state index contributed by atoms with van der Waals surface area (Å²) in [5.74, 6) is 2.49. The van der Waals surface area contributed by atoms with E-state index in [4.69, 9.17) is 4.74 Å². The highest BCUT2D eigenvalue weighted by Gasteiger charge is 2.19. The van der Waals surface area contributed by atoms with Crippen LogP contribution in [-0.4, -0.2) is 51.8 Å². The summed E-state index contributed by atoms with van der Waals surface area (Å²) in [5, 5.41) is 11.7. The van der Waals surface area contributed by atoms with Crippen LogP contribution in [0.1, 0.15) is 17.2 Å². The molecule has 0 radical (unpaired) electrons. The lowest BCUT2D eigenvalue weighted by molar-refractivity contribution is -0.123. The topological polar surface area (TPSA) is 72.3 Å². The summed E-state index contributed by atoms with van der Waals surface area (Å²) in [6.07, 6.45) is 1.51. The summed E-state index contributed by atoms with van der Waals surface area (Å²) in [6.45, 7) is 4.17. The lowest BCUT2D eigenvalue weighted by Crippen LogP contribution is -2.31. The Morgan fingerprint density at radius 1 is 0.833 bits per heavy atom. The van der Waals surface area contributed by atoms with Crippen LogP contribution in [0.15, 0.2) is 84.9 Å². The van der Waals surface area contributed by atoms with Gasteiger partial charge in [-0.3, -0.25) is 9.69 Å². The molecule has 7 heteroatoms. The molecule has 0 saturated carbocycles. The number of nitrogens with zero attached hydrogens (tertiary/aromatic N) is 4. The van der Waals surface area contributed by atoms with Crippen molar-refractivity contribution < 1.29 is 9.53 Å². The first kappa shape index (κ1) is 23.8. The van der Waals surface area contributed by atoms with E-state index in [1.165, 1.54) is 16.7 Å². The summed E-state index contributed by atoms with van der Waals surface area (Å²) in [7, 11) is 0. The first-order valence-electron chi connectivity index (χ1n) is 12.5. The molecular weight excluding hydrogens is 450 g/mol. The van der Waals surface area contributed by atoms with Gasteiger partial charge in [0, 0.05) is 45.6 Å². The van der Waals surface area contributed by atoms with E-state index in [2.05, 4.69) is 73.5 Å². The fraction of sp³-hybridized carbons (Fsp3) is 0.276. The third-order valence-electron chi connectivity index (χ3n) is 6.45. The number of fused-ring (bicyclic) bond motifs is 1. The zero-order chi connectivity index (χ0) is 24.6. The Balaban J connectivity index is 1.09. The van der Waals surface area contributed by atoms with E-state index >= 15 is 0 Å². The van der Waals surface area contributed by atoms with Crippen LogP contribution < -0.4 is 10.1 Å². The third-order valence-corrected chi connectivity index (χ3v) is 6.45. The second-order valence-electron chi connectivity index (χ2n) is 8.97. The van der Waals surface area contributed by atoms with Crippen molar-refractivity contribution in [3.05, 3.63) is 102 Å². The van der Waals surface area contributed by atoms with E-state index in [0.29, 0.717) is 18.7 Å². The summed E-state index contributed by atoms with van der Waals surface area (Å²) >= 11 is 0. The molecule has 2 heterocycles. The number of carbonyl (C=O) groups is 1. The maximum absolute atomic E-state index is 12.1. The maximum atomic E-state index is 12.1. The van der Waals surface area contributed by atoms with Crippen molar-refractivity contribution in [1.29, 1.82) is 0 Å². The van der Waals surface area contributed by atoms with Gasteiger partial charge >= 0.3 is 0 Å². The van der Waals surface area contributed by atoms with Gasteiger partial charge < -0.3 is 14.6 Å². The van der Waals surface area contributed by atoms with E-state index in [0.717, 1.165) is 44.2 Å². The monoisotopic (exact) mass is 481 g/mol. The summed E-state index contributed by atoms with van der Waals surface area (Å²) in [6, 6.07) is 28.7. The van der Waals surface area contributed by atoms with Crippen LogP contribution >= 0.6 is 0 Å². The van der Waals surface area contributed by atoms with Crippen LogP contribution in [0.5, 0.6) is 5.75 Å². The first-order chi connectivity index (χ1) is 17.7. The Labute approximate surface area is 211 Å². The van der Waals surface area contributed by atoms with E-state index in [1.807, 2.05) is 36.4 Å². The lowest BCUT2D eigenvalue weighted by Gasteiger charge is -2.20. The molecule has 0 spiro atoms. The minimum atomic E-state index is -0.140. The second-order valence-corrected chi connectivity index (χ2v) is 8.97. The third kappa shape index (κ3) is 6.17. The van der Waals surface area contributed by atoms with Gasteiger partial charge in [0.25, 0.3) is 5.91 Å². The molecule has 1 aromatic heterocycles. The Morgan fingerprint density at radius 3 is 2.33 bits per heavy atom. The highest BCUT2D eigenvalue weighted by Crippen LogP contribution is 2.20. The summed E-state index contributed by atoms with van der Waals surface area (Å²) < 4.78 is 7.71. The standard InChI is InChI=1S/C29H31N5O2/c35-29(22-36-26-9-5-2-6-10-26)30-17-15-27-31-32-28-16-18-33(19-20-34(27)28)21-23-11-13-25(14-12-23)24-7-3-1-4-8-24/h1-14H,15-22H2,(H,30,35). The number of rotatable bonds is 9. The SMILES string of the molecule is O=C(COc1ccccc1)NCCc1nnc2n1CCN(Cc1ccc(-c3ccccc3)cc1)CC2. The van der Waals surface area contributed by atoms with Crippen molar-refractivity contribution >= 4 is 5.91 Å². The van der Waals surface area contributed by atoms with Crippen molar-refractivity contribution in [2.75, 3.05) is 26.2 Å². The number of benzene rings is 3. The van der Waals surface area contributed by atoms with Crippen molar-refractivity contribution in [3.63, 3.8) is 0 Å². The molecule has 1 aliphatic heterocycles. The Hall–Kier alpha value is -3.97. The van der Waals surface area contributed by atoms with Crippen LogP contribution in [0.4, 0.5) is 0 Å². The zero-order valence-electron chi connectivity index (χ0n) is 20.3. The molecule has 0 bridgehead atoms. The molecule has 1 aliphatic rings. The molecular formula is C29H31N5O2. The van der Waals surface area contributed by atoms with Crippen molar-refractivity contribution in [2.24, 2.45) is 0 Å². The Kier molecular flexibility index (Phi) is 7.68. The molecule has 36 heavy (non-hydrogen) atoms. The minimum absolute atomic E-state index is 0.00322. The van der Waals surface area contributed by atoms with Gasteiger partial charge in [-0.15, -0.1) is 10.2 Å². The van der Waals surface area contributed by atoms with Crippen molar-refractivity contribution in [2.45, 2.75) is 25.9 Å². The van der Waals surface area contributed by atoms with E-state index in [-0.39, 0.29) is 12.5 Å². The molecule has 4 aromatic rings. The molecule has 1 N–H and O–H groups in total. The van der Waals surface area contributed by atoms with Crippen LogP contribution in [0.3, 0.4) is 0 Å². The second kappa shape index (κ2) is 11.6. The number of carbonyl (C=O) groups excluding carboxylic acids is 1. The predicted octanol–water partition coefficient (Wildman–Crippen LogP) is 3.74. The molecule has 0 aliphatic carbocycles. The van der Waals surface area contributed by atoms with Gasteiger partial charge in [0.15, 0.2) is 6.61 Å². The molecule has 3 aromatic carbocycles.